The number of aryl methyl sites for hydroxylation is 1. The molecule has 9 heteroatoms. The molecule has 3 heterocycles. The Morgan fingerprint density at radius 3 is 2.59 bits per heavy atom. The number of aromatic nitrogens is 2. The summed E-state index contributed by atoms with van der Waals surface area (Å²) in [6.07, 6.45) is 4.88. The highest BCUT2D eigenvalue weighted by Gasteiger charge is 2.46. The Labute approximate surface area is 229 Å². The van der Waals surface area contributed by atoms with Crippen LogP contribution in [0.5, 0.6) is 11.5 Å². The number of fused-ring (bicyclic) bond motifs is 1. The molecule has 1 unspecified atom stereocenters. The number of benzene rings is 1. The van der Waals surface area contributed by atoms with E-state index in [-0.39, 0.29) is 11.3 Å². The van der Waals surface area contributed by atoms with Gasteiger partial charge in [-0.15, -0.1) is 0 Å². The van der Waals surface area contributed by atoms with Crippen LogP contribution in [-0.4, -0.2) is 76.4 Å². The number of unbranched alkanes of at least 4 members (excludes halogenated alkanes) is 2. The summed E-state index contributed by atoms with van der Waals surface area (Å²) in [6.45, 7) is 7.67. The first-order valence-electron chi connectivity index (χ1n) is 13.5. The summed E-state index contributed by atoms with van der Waals surface area (Å²) >= 11 is 0. The van der Waals surface area contributed by atoms with E-state index in [1.807, 2.05) is 62.3 Å². The molecule has 1 aliphatic heterocycles. The molecule has 1 amide bonds. The maximum atomic E-state index is 13.5. The van der Waals surface area contributed by atoms with E-state index in [1.165, 1.54) is 4.90 Å². The van der Waals surface area contributed by atoms with Crippen LogP contribution in [-0.2, 0) is 9.59 Å². The number of carbonyl (C=O) groups is 2. The molecule has 3 aromatic rings. The SMILES string of the molecule is CCCCCOc1ccc(C2C(=C(O)c3c(C)nc4ccccn34)C(=O)C(=O)N2CCN(C)C)cc1OCC. The van der Waals surface area contributed by atoms with Crippen molar-refractivity contribution in [3.63, 3.8) is 0 Å². The van der Waals surface area contributed by atoms with Crippen LogP contribution in [0.4, 0.5) is 0 Å². The Hall–Kier alpha value is -3.85. The van der Waals surface area contributed by atoms with Gasteiger partial charge in [-0.2, -0.15) is 0 Å². The van der Waals surface area contributed by atoms with Crippen LogP contribution in [0, 0.1) is 6.92 Å². The second-order valence-corrected chi connectivity index (χ2v) is 9.97. The fourth-order valence-corrected chi connectivity index (χ4v) is 4.91. The second kappa shape index (κ2) is 12.3. The number of aliphatic hydroxyl groups excluding tert-OH is 1. The molecule has 1 aromatic carbocycles. The van der Waals surface area contributed by atoms with E-state index in [9.17, 15) is 14.7 Å². The van der Waals surface area contributed by atoms with E-state index in [2.05, 4.69) is 11.9 Å². The number of pyridine rings is 1. The number of rotatable bonds is 12. The lowest BCUT2D eigenvalue weighted by Gasteiger charge is -2.27. The van der Waals surface area contributed by atoms with E-state index in [1.54, 1.807) is 17.5 Å². The number of amides is 1. The molecule has 9 nitrogen and oxygen atoms in total. The number of nitrogens with zero attached hydrogens (tertiary/aromatic N) is 4. The zero-order valence-corrected chi connectivity index (χ0v) is 23.4. The van der Waals surface area contributed by atoms with Gasteiger partial charge < -0.3 is 24.4 Å². The minimum absolute atomic E-state index is 0.0339. The summed E-state index contributed by atoms with van der Waals surface area (Å²) < 4.78 is 13.6. The number of hydrogen-bond acceptors (Lipinski definition) is 7. The van der Waals surface area contributed by atoms with E-state index in [0.717, 1.165) is 19.3 Å². The largest absolute Gasteiger partial charge is 0.505 e. The molecule has 0 bridgehead atoms. The molecule has 39 heavy (non-hydrogen) atoms. The van der Waals surface area contributed by atoms with Gasteiger partial charge in [0, 0.05) is 19.3 Å². The van der Waals surface area contributed by atoms with Gasteiger partial charge in [-0.1, -0.05) is 31.9 Å². The lowest BCUT2D eigenvalue weighted by Crippen LogP contribution is -2.35. The van der Waals surface area contributed by atoms with Crippen molar-refractivity contribution in [3.8, 4) is 11.5 Å². The van der Waals surface area contributed by atoms with Crippen molar-refractivity contribution >= 4 is 23.1 Å². The van der Waals surface area contributed by atoms with Crippen LogP contribution in [0.25, 0.3) is 11.4 Å². The number of ether oxygens (including phenoxy) is 2. The van der Waals surface area contributed by atoms with Crippen molar-refractivity contribution in [3.05, 3.63) is 65.1 Å². The van der Waals surface area contributed by atoms with Crippen LogP contribution in [0.15, 0.2) is 48.2 Å². The second-order valence-electron chi connectivity index (χ2n) is 9.97. The normalized spacial score (nSPS) is 17.0. The van der Waals surface area contributed by atoms with E-state index in [0.29, 0.717) is 60.4 Å². The van der Waals surface area contributed by atoms with Crippen LogP contribution in [0.2, 0.25) is 0 Å². The van der Waals surface area contributed by atoms with Crippen LogP contribution in [0.1, 0.15) is 56.1 Å². The maximum absolute atomic E-state index is 13.5. The molecule has 0 radical (unpaired) electrons. The van der Waals surface area contributed by atoms with Crippen LogP contribution >= 0.6 is 0 Å². The molecule has 0 spiro atoms. The molecular weight excluding hydrogens is 496 g/mol. The highest BCUT2D eigenvalue weighted by atomic mass is 16.5. The first-order valence-corrected chi connectivity index (χ1v) is 13.5. The summed E-state index contributed by atoms with van der Waals surface area (Å²) in [5.41, 5.74) is 2.28. The van der Waals surface area contributed by atoms with Gasteiger partial charge in [-0.3, -0.25) is 14.0 Å². The molecule has 1 fully saturated rings. The van der Waals surface area contributed by atoms with Gasteiger partial charge in [0.15, 0.2) is 17.3 Å². The Bertz CT molecular complexity index is 1380. The van der Waals surface area contributed by atoms with Gasteiger partial charge in [0.05, 0.1) is 30.5 Å². The molecule has 0 saturated carbocycles. The standard InChI is InChI=1S/C30H38N4O5/c1-6-8-11-18-39-22-14-13-21(19-23(22)38-7-2)27-25(29(36)30(37)34(27)17-16-32(4)5)28(35)26-20(3)31-24-12-9-10-15-33(24)26/h9-10,12-15,19,27,35H,6-8,11,16-18H2,1-5H3. The first kappa shape index (κ1) is 28.2. The Morgan fingerprint density at radius 1 is 1.08 bits per heavy atom. The monoisotopic (exact) mass is 534 g/mol. The Balaban J connectivity index is 1.84. The first-order chi connectivity index (χ1) is 18.8. The zero-order valence-electron chi connectivity index (χ0n) is 23.4. The number of hydrogen-bond donors (Lipinski definition) is 1. The molecule has 1 saturated heterocycles. The van der Waals surface area contributed by atoms with Gasteiger partial charge in [-0.05, 0) is 64.2 Å². The van der Waals surface area contributed by atoms with Crippen molar-refractivity contribution in [2.75, 3.05) is 40.4 Å². The van der Waals surface area contributed by atoms with Gasteiger partial charge in [-0.25, -0.2) is 4.98 Å². The molecule has 1 aliphatic rings. The lowest BCUT2D eigenvalue weighted by atomic mass is 9.96. The minimum atomic E-state index is -0.799. The third-order valence-electron chi connectivity index (χ3n) is 6.85. The van der Waals surface area contributed by atoms with Crippen molar-refractivity contribution in [1.82, 2.24) is 19.2 Å². The molecule has 4 rings (SSSR count). The quantitative estimate of drug-likeness (QED) is 0.157. The number of likely N-dealkylation sites (tertiary alicyclic amines) is 1. The number of carbonyl (C=O) groups excluding carboxylic acids is 2. The number of imidazole rings is 1. The van der Waals surface area contributed by atoms with Gasteiger partial charge in [0.25, 0.3) is 11.7 Å². The van der Waals surface area contributed by atoms with Crippen molar-refractivity contribution in [1.29, 1.82) is 0 Å². The van der Waals surface area contributed by atoms with Crippen LogP contribution < -0.4 is 9.47 Å². The average Bonchev–Trinajstić information content (AvgIpc) is 3.38. The fraction of sp³-hybridized carbons (Fsp3) is 0.433. The number of likely N-dealkylation sites (N-methyl/N-ethyl adjacent to an activating group) is 1. The van der Waals surface area contributed by atoms with Gasteiger partial charge >= 0.3 is 0 Å². The minimum Gasteiger partial charge on any atom is -0.505 e. The molecular formula is C30H38N4O5. The van der Waals surface area contributed by atoms with Crippen molar-refractivity contribution in [2.24, 2.45) is 0 Å². The van der Waals surface area contributed by atoms with Gasteiger partial charge in [0.2, 0.25) is 0 Å². The highest BCUT2D eigenvalue weighted by Crippen LogP contribution is 2.42. The van der Waals surface area contributed by atoms with E-state index in [4.69, 9.17) is 9.47 Å². The zero-order chi connectivity index (χ0) is 28.1. The maximum Gasteiger partial charge on any atom is 0.295 e. The van der Waals surface area contributed by atoms with E-state index >= 15 is 0 Å². The summed E-state index contributed by atoms with van der Waals surface area (Å²) in [5.74, 6) is -0.470. The van der Waals surface area contributed by atoms with Crippen molar-refractivity contribution in [2.45, 2.75) is 46.1 Å². The Kier molecular flexibility index (Phi) is 8.91. The lowest BCUT2D eigenvalue weighted by molar-refractivity contribution is -0.140. The van der Waals surface area contributed by atoms with Crippen LogP contribution in [0.3, 0.4) is 0 Å². The molecule has 1 N–H and O–H groups in total. The predicted octanol–water partition coefficient (Wildman–Crippen LogP) is 4.59. The van der Waals surface area contributed by atoms with Crippen molar-refractivity contribution < 1.29 is 24.2 Å². The smallest absolute Gasteiger partial charge is 0.295 e. The molecule has 1 atom stereocenters. The number of Topliss-reactive ketones (excluding diaryl/α,β-unsaturated/α-hetero) is 1. The average molecular weight is 535 g/mol. The third kappa shape index (κ3) is 5.78. The third-order valence-corrected chi connectivity index (χ3v) is 6.85. The summed E-state index contributed by atoms with van der Waals surface area (Å²) in [5, 5.41) is 11.6. The summed E-state index contributed by atoms with van der Waals surface area (Å²) in [4.78, 5) is 34.9. The van der Waals surface area contributed by atoms with Gasteiger partial charge in [0.1, 0.15) is 11.3 Å². The van der Waals surface area contributed by atoms with E-state index < -0.39 is 17.7 Å². The summed E-state index contributed by atoms with van der Waals surface area (Å²) in [6, 6.07) is 10.2. The highest BCUT2D eigenvalue weighted by molar-refractivity contribution is 6.46. The number of aliphatic hydroxyl groups is 1. The fourth-order valence-electron chi connectivity index (χ4n) is 4.91. The topological polar surface area (TPSA) is 96.6 Å². The molecule has 2 aromatic heterocycles. The number of ketones is 1. The molecule has 208 valence electrons. The predicted molar refractivity (Wildman–Crippen MR) is 150 cm³/mol. The Morgan fingerprint density at radius 2 is 1.87 bits per heavy atom. The molecule has 0 aliphatic carbocycles. The summed E-state index contributed by atoms with van der Waals surface area (Å²) in [7, 11) is 3.82.